The van der Waals surface area contributed by atoms with E-state index in [1.165, 1.54) is 0 Å². The minimum Gasteiger partial charge on any atom is -0.249 e. The molecule has 0 bridgehead atoms. The first-order chi connectivity index (χ1) is 6.59. The van der Waals surface area contributed by atoms with E-state index in [-0.39, 0.29) is 0 Å². The Morgan fingerprint density at radius 1 is 1.21 bits per heavy atom. The van der Waals surface area contributed by atoms with Crippen molar-refractivity contribution in [2.45, 2.75) is 6.42 Å². The highest BCUT2D eigenvalue weighted by Crippen LogP contribution is 2.29. The SMILES string of the molecule is O=S1(=Nc2ccc(Br)c(Br)c2)CCC1. The van der Waals surface area contributed by atoms with E-state index in [0.717, 1.165) is 32.6 Å². The Balaban J connectivity index is 2.39. The molecule has 1 heterocycles. The van der Waals surface area contributed by atoms with Gasteiger partial charge in [-0.15, -0.1) is 0 Å². The Hall–Kier alpha value is 0.130. The van der Waals surface area contributed by atoms with E-state index in [4.69, 9.17) is 0 Å². The van der Waals surface area contributed by atoms with E-state index in [1.807, 2.05) is 18.2 Å². The molecule has 0 atom stereocenters. The fourth-order valence-corrected chi connectivity index (χ4v) is 3.29. The van der Waals surface area contributed by atoms with Crippen LogP contribution >= 0.6 is 31.9 Å². The maximum Gasteiger partial charge on any atom is 0.0742 e. The maximum absolute atomic E-state index is 11.8. The first-order valence-electron chi connectivity index (χ1n) is 4.27. The van der Waals surface area contributed by atoms with Gasteiger partial charge >= 0.3 is 0 Å². The number of nitrogens with zero attached hydrogens (tertiary/aromatic N) is 1. The Labute approximate surface area is 101 Å². The van der Waals surface area contributed by atoms with Crippen LogP contribution in [0.4, 0.5) is 5.69 Å². The summed E-state index contributed by atoms with van der Waals surface area (Å²) in [4.78, 5) is 0. The van der Waals surface area contributed by atoms with E-state index < -0.39 is 9.73 Å². The second-order valence-corrected chi connectivity index (χ2v) is 7.48. The van der Waals surface area contributed by atoms with E-state index in [9.17, 15) is 4.21 Å². The number of rotatable bonds is 1. The molecular weight excluding hydrogens is 330 g/mol. The van der Waals surface area contributed by atoms with E-state index in [1.54, 1.807) is 0 Å². The summed E-state index contributed by atoms with van der Waals surface area (Å²) in [6.45, 7) is 0. The summed E-state index contributed by atoms with van der Waals surface area (Å²) in [6, 6.07) is 5.67. The molecule has 0 aromatic heterocycles. The quantitative estimate of drug-likeness (QED) is 0.767. The first-order valence-corrected chi connectivity index (χ1v) is 7.71. The molecular formula is C9H9Br2NOS. The summed E-state index contributed by atoms with van der Waals surface area (Å²) in [5, 5.41) is 0. The van der Waals surface area contributed by atoms with Gasteiger partial charge in [-0.1, -0.05) is 0 Å². The topological polar surface area (TPSA) is 29.4 Å². The Kier molecular flexibility index (Phi) is 3.00. The zero-order valence-corrected chi connectivity index (χ0v) is 11.4. The summed E-state index contributed by atoms with van der Waals surface area (Å²) in [6.07, 6.45) is 1.04. The van der Waals surface area contributed by atoms with Gasteiger partial charge in [-0.25, -0.2) is 4.21 Å². The van der Waals surface area contributed by atoms with Crippen LogP contribution in [-0.4, -0.2) is 15.7 Å². The lowest BCUT2D eigenvalue weighted by Crippen LogP contribution is -2.22. The van der Waals surface area contributed by atoms with Gasteiger partial charge in [0.2, 0.25) is 0 Å². The van der Waals surface area contributed by atoms with Gasteiger partial charge in [-0.05, 0) is 56.5 Å². The third kappa shape index (κ3) is 2.20. The van der Waals surface area contributed by atoms with Crippen molar-refractivity contribution >= 4 is 47.3 Å². The second-order valence-electron chi connectivity index (χ2n) is 3.22. The molecule has 1 aliphatic rings. The molecule has 0 N–H and O–H groups in total. The number of hydrogen-bond donors (Lipinski definition) is 0. The van der Waals surface area contributed by atoms with Crippen LogP contribution in [0.2, 0.25) is 0 Å². The van der Waals surface area contributed by atoms with Gasteiger partial charge in [-0.2, -0.15) is 4.36 Å². The molecule has 0 amide bonds. The molecule has 1 fully saturated rings. The molecule has 14 heavy (non-hydrogen) atoms. The molecule has 2 rings (SSSR count). The van der Waals surface area contributed by atoms with Gasteiger partial charge in [0.15, 0.2) is 0 Å². The molecule has 0 spiro atoms. The number of hydrogen-bond acceptors (Lipinski definition) is 2. The highest BCUT2D eigenvalue weighted by molar-refractivity contribution is 9.13. The average Bonchev–Trinajstić information content (AvgIpc) is 2.09. The molecule has 1 aromatic rings. The van der Waals surface area contributed by atoms with E-state index in [2.05, 4.69) is 36.2 Å². The molecule has 1 saturated heterocycles. The van der Waals surface area contributed by atoms with Crippen molar-refractivity contribution < 1.29 is 4.21 Å². The van der Waals surface area contributed by atoms with Crippen LogP contribution in [0.25, 0.3) is 0 Å². The molecule has 0 saturated carbocycles. The van der Waals surface area contributed by atoms with Gasteiger partial charge in [0.1, 0.15) is 0 Å². The third-order valence-corrected chi connectivity index (χ3v) is 6.38. The van der Waals surface area contributed by atoms with Crippen LogP contribution in [0.15, 0.2) is 31.5 Å². The Morgan fingerprint density at radius 2 is 1.93 bits per heavy atom. The third-order valence-electron chi connectivity index (χ3n) is 2.10. The summed E-state index contributed by atoms with van der Waals surface area (Å²) in [5.74, 6) is 1.50. The summed E-state index contributed by atoms with van der Waals surface area (Å²) in [7, 11) is -1.88. The standard InChI is InChI=1S/C9H9Br2NOS/c10-8-3-2-7(6-9(8)11)12-14(13)4-1-5-14/h2-3,6H,1,4-5H2. The summed E-state index contributed by atoms with van der Waals surface area (Å²) < 4.78 is 18.0. The van der Waals surface area contributed by atoms with Crippen LogP contribution in [-0.2, 0) is 9.73 Å². The maximum atomic E-state index is 11.8. The largest absolute Gasteiger partial charge is 0.249 e. The van der Waals surface area contributed by atoms with Crippen molar-refractivity contribution in [2.75, 3.05) is 11.5 Å². The fraction of sp³-hybridized carbons (Fsp3) is 0.333. The molecule has 0 radical (unpaired) electrons. The van der Waals surface area contributed by atoms with Crippen LogP contribution in [0, 0.1) is 0 Å². The van der Waals surface area contributed by atoms with E-state index >= 15 is 0 Å². The van der Waals surface area contributed by atoms with Crippen molar-refractivity contribution in [2.24, 2.45) is 4.36 Å². The molecule has 2 nitrogen and oxygen atoms in total. The van der Waals surface area contributed by atoms with Crippen LogP contribution < -0.4 is 0 Å². The van der Waals surface area contributed by atoms with Gasteiger partial charge in [0.05, 0.1) is 15.4 Å². The molecule has 1 aliphatic heterocycles. The molecule has 0 unspecified atom stereocenters. The Bertz CT molecular complexity index is 468. The van der Waals surface area contributed by atoms with Gasteiger partial charge < -0.3 is 0 Å². The van der Waals surface area contributed by atoms with Gasteiger partial charge in [-0.3, -0.25) is 0 Å². The highest BCUT2D eigenvalue weighted by Gasteiger charge is 2.19. The lowest BCUT2D eigenvalue weighted by molar-refractivity contribution is 0.663. The fourth-order valence-electron chi connectivity index (χ4n) is 1.22. The minimum atomic E-state index is -1.88. The zero-order valence-electron chi connectivity index (χ0n) is 7.37. The van der Waals surface area contributed by atoms with Crippen molar-refractivity contribution in [1.82, 2.24) is 0 Å². The first kappa shape index (κ1) is 10.6. The number of benzene rings is 1. The summed E-state index contributed by atoms with van der Waals surface area (Å²) >= 11 is 6.77. The normalized spacial score (nSPS) is 18.7. The smallest absolute Gasteiger partial charge is 0.0742 e. The van der Waals surface area contributed by atoms with E-state index in [0.29, 0.717) is 0 Å². The van der Waals surface area contributed by atoms with Crippen molar-refractivity contribution in [3.05, 3.63) is 27.1 Å². The lowest BCUT2D eigenvalue weighted by atomic mass is 10.3. The predicted molar refractivity (Wildman–Crippen MR) is 66.4 cm³/mol. The van der Waals surface area contributed by atoms with Crippen molar-refractivity contribution in [1.29, 1.82) is 0 Å². The lowest BCUT2D eigenvalue weighted by Gasteiger charge is -2.17. The van der Waals surface area contributed by atoms with Crippen LogP contribution in [0.3, 0.4) is 0 Å². The molecule has 1 aromatic carbocycles. The highest BCUT2D eigenvalue weighted by atomic mass is 79.9. The summed E-state index contributed by atoms with van der Waals surface area (Å²) in [5.41, 5.74) is 0.796. The molecule has 0 aliphatic carbocycles. The monoisotopic (exact) mass is 337 g/mol. The second kappa shape index (κ2) is 3.94. The predicted octanol–water partition coefficient (Wildman–Crippen LogP) is 3.71. The van der Waals surface area contributed by atoms with Gasteiger partial charge in [0, 0.05) is 20.5 Å². The molecule has 5 heteroatoms. The minimum absolute atomic E-state index is 0.751. The van der Waals surface area contributed by atoms with Crippen LogP contribution in [0.1, 0.15) is 6.42 Å². The Morgan fingerprint density at radius 3 is 2.43 bits per heavy atom. The van der Waals surface area contributed by atoms with Gasteiger partial charge in [0.25, 0.3) is 0 Å². The van der Waals surface area contributed by atoms with Crippen molar-refractivity contribution in [3.8, 4) is 0 Å². The van der Waals surface area contributed by atoms with Crippen molar-refractivity contribution in [3.63, 3.8) is 0 Å². The average molecular weight is 339 g/mol. The zero-order chi connectivity index (χ0) is 10.2. The number of halogens is 2. The molecule has 76 valence electrons. The van der Waals surface area contributed by atoms with Crippen LogP contribution in [0.5, 0.6) is 0 Å².